The number of fused-ring (bicyclic) bond motifs is 1. The van der Waals surface area contributed by atoms with Crippen molar-refractivity contribution >= 4 is 22.8 Å². The van der Waals surface area contributed by atoms with Crippen LogP contribution in [0.5, 0.6) is 0 Å². The van der Waals surface area contributed by atoms with Crippen LogP contribution < -0.4 is 11.2 Å². The Hall–Kier alpha value is -2.49. The van der Waals surface area contributed by atoms with Gasteiger partial charge in [0.25, 0.3) is 5.56 Å². The SMILES string of the molecule is Cc1cccc(-c2nc(SCCC3OCCO3)c3c(=O)n(C)c(=O)n(C)c3n2)c1. The summed E-state index contributed by atoms with van der Waals surface area (Å²) in [4.78, 5) is 34.5. The van der Waals surface area contributed by atoms with Crippen LogP contribution in [0, 0.1) is 6.92 Å². The van der Waals surface area contributed by atoms with Gasteiger partial charge < -0.3 is 9.47 Å². The Balaban J connectivity index is 1.83. The zero-order valence-corrected chi connectivity index (χ0v) is 17.4. The highest BCUT2D eigenvalue weighted by Crippen LogP contribution is 2.27. The third kappa shape index (κ3) is 3.85. The van der Waals surface area contributed by atoms with Gasteiger partial charge in [0.05, 0.1) is 13.2 Å². The van der Waals surface area contributed by atoms with Gasteiger partial charge >= 0.3 is 5.69 Å². The maximum atomic E-state index is 12.9. The minimum atomic E-state index is -0.417. The molecule has 2 aromatic heterocycles. The fraction of sp³-hybridized carbons (Fsp3) is 0.400. The molecule has 9 heteroatoms. The van der Waals surface area contributed by atoms with Gasteiger partial charge in [0.1, 0.15) is 10.4 Å². The van der Waals surface area contributed by atoms with Crippen molar-refractivity contribution < 1.29 is 9.47 Å². The van der Waals surface area contributed by atoms with Crippen LogP contribution in [-0.4, -0.2) is 44.4 Å². The Morgan fingerprint density at radius 2 is 1.90 bits per heavy atom. The third-order valence-electron chi connectivity index (χ3n) is 4.83. The van der Waals surface area contributed by atoms with Crippen molar-refractivity contribution in [1.29, 1.82) is 0 Å². The number of hydrogen-bond acceptors (Lipinski definition) is 7. The highest BCUT2D eigenvalue weighted by Gasteiger charge is 2.20. The number of thioether (sulfide) groups is 1. The van der Waals surface area contributed by atoms with Crippen LogP contribution in [0.4, 0.5) is 0 Å². The third-order valence-corrected chi connectivity index (χ3v) is 5.83. The van der Waals surface area contributed by atoms with Crippen LogP contribution in [-0.2, 0) is 23.6 Å². The van der Waals surface area contributed by atoms with Gasteiger partial charge in [0, 0.05) is 31.8 Å². The van der Waals surface area contributed by atoms with Crippen LogP contribution in [0.15, 0.2) is 38.9 Å². The molecule has 0 amide bonds. The van der Waals surface area contributed by atoms with E-state index >= 15 is 0 Å². The molecule has 1 aliphatic heterocycles. The van der Waals surface area contributed by atoms with E-state index in [2.05, 4.69) is 4.98 Å². The lowest BCUT2D eigenvalue weighted by atomic mass is 10.1. The van der Waals surface area contributed by atoms with Crippen molar-refractivity contribution in [3.8, 4) is 11.4 Å². The van der Waals surface area contributed by atoms with Crippen LogP contribution in [0.3, 0.4) is 0 Å². The smallest absolute Gasteiger partial charge is 0.332 e. The molecule has 0 aliphatic carbocycles. The van der Waals surface area contributed by atoms with Crippen molar-refractivity contribution in [2.45, 2.75) is 24.7 Å². The standard InChI is InChI=1S/C20H22N4O4S/c1-12-5-4-6-13(11-12)16-21-17-15(19(25)24(3)20(26)23(17)2)18(22-16)29-10-7-14-27-8-9-28-14/h4-6,11,14H,7-10H2,1-3H3. The number of nitrogens with zero attached hydrogens (tertiary/aromatic N) is 4. The van der Waals surface area contributed by atoms with E-state index in [1.165, 1.54) is 23.4 Å². The van der Waals surface area contributed by atoms with Gasteiger partial charge in [-0.05, 0) is 13.0 Å². The van der Waals surface area contributed by atoms with E-state index in [0.29, 0.717) is 47.3 Å². The first-order valence-corrected chi connectivity index (χ1v) is 10.3. The molecule has 0 saturated carbocycles. The lowest BCUT2D eigenvalue weighted by Crippen LogP contribution is -2.37. The molecule has 1 fully saturated rings. The number of hydrogen-bond donors (Lipinski definition) is 0. The first-order valence-electron chi connectivity index (χ1n) is 9.36. The van der Waals surface area contributed by atoms with Crippen molar-refractivity contribution in [2.75, 3.05) is 19.0 Å². The van der Waals surface area contributed by atoms with Crippen molar-refractivity contribution in [2.24, 2.45) is 14.1 Å². The zero-order chi connectivity index (χ0) is 20.5. The van der Waals surface area contributed by atoms with Crippen molar-refractivity contribution in [3.05, 3.63) is 50.7 Å². The Kier molecular flexibility index (Phi) is 5.53. The van der Waals surface area contributed by atoms with E-state index in [4.69, 9.17) is 14.5 Å². The second kappa shape index (κ2) is 8.10. The fourth-order valence-corrected chi connectivity index (χ4v) is 4.25. The maximum absolute atomic E-state index is 12.9. The summed E-state index contributed by atoms with van der Waals surface area (Å²) in [5.41, 5.74) is 1.44. The van der Waals surface area contributed by atoms with Crippen LogP contribution >= 0.6 is 11.8 Å². The summed E-state index contributed by atoms with van der Waals surface area (Å²) in [7, 11) is 3.08. The van der Waals surface area contributed by atoms with Gasteiger partial charge in [-0.25, -0.2) is 14.8 Å². The second-order valence-corrected chi connectivity index (χ2v) is 8.02. The van der Waals surface area contributed by atoms with Gasteiger partial charge in [-0.3, -0.25) is 13.9 Å². The van der Waals surface area contributed by atoms with Gasteiger partial charge in [-0.15, -0.1) is 11.8 Å². The van der Waals surface area contributed by atoms with Crippen LogP contribution in [0.25, 0.3) is 22.4 Å². The predicted octanol–water partition coefficient (Wildman–Crippen LogP) is 1.86. The number of aryl methyl sites for hydroxylation is 2. The van der Waals surface area contributed by atoms with Crippen molar-refractivity contribution in [1.82, 2.24) is 19.1 Å². The van der Waals surface area contributed by atoms with Gasteiger partial charge in [0.2, 0.25) is 0 Å². The Morgan fingerprint density at radius 1 is 1.14 bits per heavy atom. The molecule has 0 unspecified atom stereocenters. The summed E-state index contributed by atoms with van der Waals surface area (Å²) in [5.74, 6) is 1.15. The molecule has 29 heavy (non-hydrogen) atoms. The predicted molar refractivity (Wildman–Crippen MR) is 111 cm³/mol. The quantitative estimate of drug-likeness (QED) is 0.465. The molecule has 0 spiro atoms. The van der Waals surface area contributed by atoms with Gasteiger partial charge in [0.15, 0.2) is 17.8 Å². The number of aromatic nitrogens is 4. The largest absolute Gasteiger partial charge is 0.350 e. The van der Waals surface area contributed by atoms with E-state index in [0.717, 1.165) is 15.7 Å². The average Bonchev–Trinajstić information content (AvgIpc) is 3.23. The molecular weight excluding hydrogens is 392 g/mol. The summed E-state index contributed by atoms with van der Waals surface area (Å²) in [5, 5.41) is 0.907. The first-order chi connectivity index (χ1) is 14.0. The molecule has 1 aromatic carbocycles. The molecule has 3 heterocycles. The van der Waals surface area contributed by atoms with E-state index in [-0.39, 0.29) is 6.29 Å². The zero-order valence-electron chi connectivity index (χ0n) is 16.5. The first kappa shape index (κ1) is 19.8. The number of rotatable bonds is 5. The molecule has 1 aliphatic rings. The molecule has 0 atom stereocenters. The minimum absolute atomic E-state index is 0.223. The molecule has 0 radical (unpaired) electrons. The Labute approximate surface area is 171 Å². The Morgan fingerprint density at radius 3 is 2.62 bits per heavy atom. The topological polar surface area (TPSA) is 88.2 Å². The maximum Gasteiger partial charge on any atom is 0.332 e. The van der Waals surface area contributed by atoms with Gasteiger partial charge in [-0.1, -0.05) is 23.8 Å². The average molecular weight is 414 g/mol. The molecule has 0 bridgehead atoms. The monoisotopic (exact) mass is 414 g/mol. The molecule has 3 aromatic rings. The summed E-state index contributed by atoms with van der Waals surface area (Å²) in [6.45, 7) is 3.20. The lowest BCUT2D eigenvalue weighted by molar-refractivity contribution is -0.0421. The highest BCUT2D eigenvalue weighted by molar-refractivity contribution is 7.99. The number of benzene rings is 1. The molecule has 1 saturated heterocycles. The molecule has 4 rings (SSSR count). The van der Waals surface area contributed by atoms with E-state index in [1.807, 2.05) is 31.2 Å². The normalized spacial score (nSPS) is 14.7. The number of ether oxygens (including phenoxy) is 2. The van der Waals surface area contributed by atoms with E-state index in [9.17, 15) is 9.59 Å². The summed E-state index contributed by atoms with van der Waals surface area (Å²) in [6, 6.07) is 7.83. The molecule has 0 N–H and O–H groups in total. The summed E-state index contributed by atoms with van der Waals surface area (Å²) < 4.78 is 13.4. The molecule has 8 nitrogen and oxygen atoms in total. The summed E-state index contributed by atoms with van der Waals surface area (Å²) >= 11 is 1.45. The molecular formula is C20H22N4O4S. The van der Waals surface area contributed by atoms with Crippen LogP contribution in [0.2, 0.25) is 0 Å². The minimum Gasteiger partial charge on any atom is -0.350 e. The van der Waals surface area contributed by atoms with Gasteiger partial charge in [-0.2, -0.15) is 0 Å². The Bertz CT molecular complexity index is 1180. The highest BCUT2D eigenvalue weighted by atomic mass is 32.2. The second-order valence-electron chi connectivity index (χ2n) is 6.93. The lowest BCUT2D eigenvalue weighted by Gasteiger charge is -2.13. The van der Waals surface area contributed by atoms with E-state index < -0.39 is 11.2 Å². The van der Waals surface area contributed by atoms with Crippen molar-refractivity contribution in [3.63, 3.8) is 0 Å². The van der Waals surface area contributed by atoms with Crippen LogP contribution in [0.1, 0.15) is 12.0 Å². The summed E-state index contributed by atoms with van der Waals surface area (Å²) in [6.07, 6.45) is 0.459. The van der Waals surface area contributed by atoms with E-state index in [1.54, 1.807) is 7.05 Å². The fourth-order valence-electron chi connectivity index (χ4n) is 3.27. The molecule has 152 valence electrons.